The zero-order valence-electron chi connectivity index (χ0n) is 5.54. The van der Waals surface area contributed by atoms with E-state index in [0.717, 1.165) is 5.75 Å². The molecule has 0 amide bonds. The fraction of sp³-hybridized carbons (Fsp3) is 0.143. The molecule has 0 aliphatic carbocycles. The molecule has 0 saturated carbocycles. The van der Waals surface area contributed by atoms with Gasteiger partial charge in [-0.05, 0) is 5.56 Å². The Morgan fingerprint density at radius 3 is 2.00 bits per heavy atom. The standard InChI is InChI=1S/C7H8S.Na/c8-6-7-4-2-1-3-5-7;/h1-5,8H,6H2;. The maximum atomic E-state index is 4.11. The molecule has 1 radical (unpaired) electrons. The number of hydrogen-bond acceptors (Lipinski definition) is 1. The summed E-state index contributed by atoms with van der Waals surface area (Å²) in [7, 11) is 0. The van der Waals surface area contributed by atoms with Gasteiger partial charge in [-0.1, -0.05) is 30.3 Å². The molecule has 0 fully saturated rings. The molecular formula is C7H8NaS. The topological polar surface area (TPSA) is 0 Å². The van der Waals surface area contributed by atoms with E-state index in [9.17, 15) is 0 Å². The van der Waals surface area contributed by atoms with Gasteiger partial charge in [0.05, 0.1) is 0 Å². The van der Waals surface area contributed by atoms with Gasteiger partial charge in [-0.2, -0.15) is 12.6 Å². The van der Waals surface area contributed by atoms with Crippen molar-refractivity contribution in [3.63, 3.8) is 0 Å². The number of thiol groups is 1. The fourth-order valence-corrected chi connectivity index (χ4v) is 0.794. The Bertz CT molecular complexity index is 150. The summed E-state index contributed by atoms with van der Waals surface area (Å²) in [5.41, 5.74) is 1.27. The molecule has 0 nitrogen and oxygen atoms in total. The zero-order valence-corrected chi connectivity index (χ0v) is 8.44. The van der Waals surface area contributed by atoms with E-state index in [1.165, 1.54) is 5.56 Å². The van der Waals surface area contributed by atoms with Crippen LogP contribution in [0.2, 0.25) is 0 Å². The first kappa shape index (κ1) is 9.57. The summed E-state index contributed by atoms with van der Waals surface area (Å²) in [5.74, 6) is 0.834. The molecule has 0 heterocycles. The molecule has 0 N–H and O–H groups in total. The minimum atomic E-state index is 0. The third-order valence-corrected chi connectivity index (χ3v) is 1.39. The van der Waals surface area contributed by atoms with Gasteiger partial charge in [0.2, 0.25) is 0 Å². The first-order valence-corrected chi connectivity index (χ1v) is 3.21. The van der Waals surface area contributed by atoms with Crippen LogP contribution in [0.4, 0.5) is 0 Å². The minimum Gasteiger partial charge on any atom is -0.175 e. The molecular weight excluding hydrogens is 139 g/mol. The zero-order chi connectivity index (χ0) is 5.82. The maximum absolute atomic E-state index is 4.11. The minimum absolute atomic E-state index is 0. The van der Waals surface area contributed by atoms with Crippen LogP contribution in [0.5, 0.6) is 0 Å². The molecule has 43 valence electrons. The Hall–Kier alpha value is 0.570. The second-order valence-corrected chi connectivity index (χ2v) is 1.96. The average molecular weight is 147 g/mol. The molecule has 0 bridgehead atoms. The second kappa shape index (κ2) is 5.36. The normalized spacial score (nSPS) is 8.11. The van der Waals surface area contributed by atoms with Crippen LogP contribution in [-0.2, 0) is 5.75 Å². The maximum Gasteiger partial charge on any atom is 0.0154 e. The van der Waals surface area contributed by atoms with Gasteiger partial charge in [-0.3, -0.25) is 0 Å². The van der Waals surface area contributed by atoms with Crippen LogP contribution >= 0.6 is 12.6 Å². The summed E-state index contributed by atoms with van der Waals surface area (Å²) in [6.45, 7) is 0. The number of benzene rings is 1. The molecule has 0 aliphatic heterocycles. The fourth-order valence-electron chi connectivity index (χ4n) is 0.583. The van der Waals surface area contributed by atoms with E-state index >= 15 is 0 Å². The molecule has 9 heavy (non-hydrogen) atoms. The second-order valence-electron chi connectivity index (χ2n) is 1.64. The van der Waals surface area contributed by atoms with Crippen LogP contribution < -0.4 is 0 Å². The Morgan fingerprint density at radius 2 is 1.67 bits per heavy atom. The third kappa shape index (κ3) is 3.31. The van der Waals surface area contributed by atoms with E-state index in [2.05, 4.69) is 24.8 Å². The van der Waals surface area contributed by atoms with Gasteiger partial charge in [0.25, 0.3) is 0 Å². The van der Waals surface area contributed by atoms with E-state index in [-0.39, 0.29) is 29.6 Å². The SMILES string of the molecule is SCc1ccccc1.[Na]. The molecule has 0 saturated heterocycles. The van der Waals surface area contributed by atoms with Crippen molar-refractivity contribution in [2.45, 2.75) is 5.75 Å². The van der Waals surface area contributed by atoms with E-state index in [0.29, 0.717) is 0 Å². The number of hydrogen-bond donors (Lipinski definition) is 1. The molecule has 0 spiro atoms. The average Bonchev–Trinajstić information content (AvgIpc) is 1.90. The van der Waals surface area contributed by atoms with Crippen LogP contribution in [0.3, 0.4) is 0 Å². The molecule has 0 aliphatic rings. The van der Waals surface area contributed by atoms with Crippen molar-refractivity contribution in [3.05, 3.63) is 35.9 Å². The van der Waals surface area contributed by atoms with Gasteiger partial charge in [-0.15, -0.1) is 0 Å². The molecule has 1 aromatic carbocycles. The molecule has 1 rings (SSSR count). The van der Waals surface area contributed by atoms with Crippen molar-refractivity contribution < 1.29 is 0 Å². The first-order chi connectivity index (χ1) is 3.93. The van der Waals surface area contributed by atoms with Crippen LogP contribution in [0.15, 0.2) is 30.3 Å². The Labute approximate surface area is 83.4 Å². The quantitative estimate of drug-likeness (QED) is 0.454. The van der Waals surface area contributed by atoms with Crippen molar-refractivity contribution in [3.8, 4) is 0 Å². The Morgan fingerprint density at radius 1 is 1.11 bits per heavy atom. The van der Waals surface area contributed by atoms with Crippen LogP contribution in [-0.4, -0.2) is 29.6 Å². The Balaban J connectivity index is 0.000000640. The smallest absolute Gasteiger partial charge is 0.0154 e. The van der Waals surface area contributed by atoms with E-state index in [1.54, 1.807) is 0 Å². The van der Waals surface area contributed by atoms with Gasteiger partial charge in [-0.25, -0.2) is 0 Å². The first-order valence-electron chi connectivity index (χ1n) is 2.58. The summed E-state index contributed by atoms with van der Waals surface area (Å²) in [6, 6.07) is 10.2. The molecule has 0 unspecified atom stereocenters. The van der Waals surface area contributed by atoms with Crippen molar-refractivity contribution in [1.29, 1.82) is 0 Å². The van der Waals surface area contributed by atoms with Gasteiger partial charge in [0.1, 0.15) is 0 Å². The van der Waals surface area contributed by atoms with Crippen molar-refractivity contribution >= 4 is 42.2 Å². The van der Waals surface area contributed by atoms with Crippen LogP contribution in [0, 0.1) is 0 Å². The van der Waals surface area contributed by atoms with Gasteiger partial charge < -0.3 is 0 Å². The Kier molecular flexibility index (Phi) is 5.70. The predicted octanol–water partition coefficient (Wildman–Crippen LogP) is 1.74. The van der Waals surface area contributed by atoms with E-state index in [4.69, 9.17) is 0 Å². The third-order valence-electron chi connectivity index (χ3n) is 1.03. The monoisotopic (exact) mass is 147 g/mol. The van der Waals surface area contributed by atoms with Gasteiger partial charge in [0, 0.05) is 35.3 Å². The molecule has 0 atom stereocenters. The molecule has 2 heteroatoms. The van der Waals surface area contributed by atoms with Crippen LogP contribution in [0.25, 0.3) is 0 Å². The summed E-state index contributed by atoms with van der Waals surface area (Å²) in [6.07, 6.45) is 0. The van der Waals surface area contributed by atoms with Gasteiger partial charge >= 0.3 is 0 Å². The molecule has 1 aromatic rings. The molecule has 0 aromatic heterocycles. The number of rotatable bonds is 1. The predicted molar refractivity (Wildman–Crippen MR) is 44.9 cm³/mol. The summed E-state index contributed by atoms with van der Waals surface area (Å²) in [4.78, 5) is 0. The largest absolute Gasteiger partial charge is 0.175 e. The van der Waals surface area contributed by atoms with E-state index < -0.39 is 0 Å². The van der Waals surface area contributed by atoms with Crippen molar-refractivity contribution in [2.24, 2.45) is 0 Å². The van der Waals surface area contributed by atoms with E-state index in [1.807, 2.05) is 18.2 Å². The summed E-state index contributed by atoms with van der Waals surface area (Å²) < 4.78 is 0. The van der Waals surface area contributed by atoms with Crippen molar-refractivity contribution in [2.75, 3.05) is 0 Å². The van der Waals surface area contributed by atoms with Crippen molar-refractivity contribution in [1.82, 2.24) is 0 Å². The van der Waals surface area contributed by atoms with Gasteiger partial charge in [0.15, 0.2) is 0 Å². The van der Waals surface area contributed by atoms with Crippen LogP contribution in [0.1, 0.15) is 5.56 Å². The summed E-state index contributed by atoms with van der Waals surface area (Å²) >= 11 is 4.11. The summed E-state index contributed by atoms with van der Waals surface area (Å²) in [5, 5.41) is 0.